The van der Waals surface area contributed by atoms with Gasteiger partial charge in [-0.05, 0) is 30.2 Å². The second-order valence-corrected chi connectivity index (χ2v) is 6.59. The minimum Gasteiger partial charge on any atom is -0.272 e. The van der Waals surface area contributed by atoms with Crippen LogP contribution in [0.3, 0.4) is 0 Å². The van der Waals surface area contributed by atoms with Gasteiger partial charge in [0.25, 0.3) is 0 Å². The first-order valence-electron chi connectivity index (χ1n) is 6.97. The van der Waals surface area contributed by atoms with Crippen molar-refractivity contribution in [1.82, 2.24) is 5.43 Å². The van der Waals surface area contributed by atoms with E-state index in [-0.39, 0.29) is 11.7 Å². The predicted octanol–water partition coefficient (Wildman–Crippen LogP) is 4.77. The van der Waals surface area contributed by atoms with Crippen LogP contribution in [0, 0.1) is 0 Å². The number of benzene rings is 2. The van der Waals surface area contributed by atoms with E-state index >= 15 is 0 Å². The Balaban J connectivity index is 1.82. The van der Waals surface area contributed by atoms with E-state index in [0.29, 0.717) is 15.8 Å². The van der Waals surface area contributed by atoms with Gasteiger partial charge in [-0.25, -0.2) is 5.43 Å². The van der Waals surface area contributed by atoms with Gasteiger partial charge in [0.2, 0.25) is 5.91 Å². The smallest absolute Gasteiger partial charge is 0.250 e. The molecule has 0 radical (unpaired) electrons. The number of nitrogens with one attached hydrogen (secondary N) is 1. The summed E-state index contributed by atoms with van der Waals surface area (Å²) in [5.74, 6) is 0.703. The lowest BCUT2D eigenvalue weighted by molar-refractivity contribution is -0.118. The first kappa shape index (κ1) is 17.9. The summed E-state index contributed by atoms with van der Waals surface area (Å²) >= 11 is 13.6. The summed E-state index contributed by atoms with van der Waals surface area (Å²) in [6.07, 6.45) is 0. The van der Waals surface area contributed by atoms with Crippen LogP contribution >= 0.6 is 35.0 Å². The number of amides is 1. The predicted molar refractivity (Wildman–Crippen MR) is 99.4 cm³/mol. The minimum atomic E-state index is -0.159. The molecule has 0 atom stereocenters. The van der Waals surface area contributed by atoms with Gasteiger partial charge in [0, 0.05) is 15.8 Å². The van der Waals surface area contributed by atoms with Crippen molar-refractivity contribution in [3.63, 3.8) is 0 Å². The third kappa shape index (κ3) is 5.57. The number of hydrazone groups is 1. The number of halogens is 2. The van der Waals surface area contributed by atoms with Gasteiger partial charge in [-0.3, -0.25) is 4.79 Å². The van der Waals surface area contributed by atoms with Crippen LogP contribution in [0.1, 0.15) is 18.1 Å². The lowest BCUT2D eigenvalue weighted by atomic mass is 10.1. The molecule has 1 N–H and O–H groups in total. The third-order valence-electron chi connectivity index (χ3n) is 3.08. The van der Waals surface area contributed by atoms with Crippen molar-refractivity contribution in [1.29, 1.82) is 0 Å². The van der Waals surface area contributed by atoms with Crippen molar-refractivity contribution < 1.29 is 4.79 Å². The summed E-state index contributed by atoms with van der Waals surface area (Å²) in [5, 5.41) is 5.34. The second-order valence-electron chi connectivity index (χ2n) is 4.79. The van der Waals surface area contributed by atoms with Crippen molar-refractivity contribution >= 4 is 46.6 Å². The molecule has 2 rings (SSSR count). The number of nitrogens with zero attached hydrogens (tertiary/aromatic N) is 1. The summed E-state index contributed by atoms with van der Waals surface area (Å²) in [4.78, 5) is 11.8. The molecule has 0 aromatic heterocycles. The molecule has 0 saturated carbocycles. The summed E-state index contributed by atoms with van der Waals surface area (Å²) in [6.45, 7) is 1.85. The van der Waals surface area contributed by atoms with E-state index < -0.39 is 0 Å². The maximum absolute atomic E-state index is 11.8. The maximum Gasteiger partial charge on any atom is 0.250 e. The number of carbonyl (C=O) groups is 1. The molecule has 0 heterocycles. The van der Waals surface area contributed by atoms with Gasteiger partial charge < -0.3 is 0 Å². The Morgan fingerprint density at radius 1 is 1.09 bits per heavy atom. The highest BCUT2D eigenvalue weighted by Gasteiger charge is 2.07. The molecule has 0 aliphatic rings. The maximum atomic E-state index is 11.8. The van der Waals surface area contributed by atoms with Crippen LogP contribution in [0.25, 0.3) is 0 Å². The first-order valence-corrected chi connectivity index (χ1v) is 8.88. The zero-order valence-corrected chi connectivity index (χ0v) is 14.9. The molecule has 2 aromatic rings. The van der Waals surface area contributed by atoms with E-state index in [1.807, 2.05) is 37.3 Å². The summed E-state index contributed by atoms with van der Waals surface area (Å²) in [5.41, 5.74) is 5.14. The minimum absolute atomic E-state index is 0.159. The third-order valence-corrected chi connectivity index (χ3v) is 4.75. The lowest BCUT2D eigenvalue weighted by Gasteiger charge is -2.06. The largest absolute Gasteiger partial charge is 0.272 e. The molecule has 0 unspecified atom stereocenters. The van der Waals surface area contributed by atoms with Crippen molar-refractivity contribution in [2.45, 2.75) is 12.7 Å². The van der Waals surface area contributed by atoms with E-state index in [1.165, 1.54) is 11.8 Å². The van der Waals surface area contributed by atoms with Gasteiger partial charge in [0.15, 0.2) is 0 Å². The Labute approximate surface area is 150 Å². The van der Waals surface area contributed by atoms with E-state index in [1.54, 1.807) is 18.2 Å². The number of rotatable bonds is 6. The number of hydrogen-bond donors (Lipinski definition) is 1. The summed E-state index contributed by atoms with van der Waals surface area (Å²) in [7, 11) is 0. The normalized spacial score (nSPS) is 11.3. The summed E-state index contributed by atoms with van der Waals surface area (Å²) in [6, 6.07) is 15.1. The molecule has 0 aliphatic heterocycles. The molecule has 120 valence electrons. The standard InChI is InChI=1S/C17H16Cl2N2OS/c1-12(13-6-3-2-4-7-13)20-21-17(22)11-23-10-14-15(18)8-5-9-16(14)19/h2-9H,10-11H2,1H3,(H,21,22)/b20-12-. The van der Waals surface area contributed by atoms with Gasteiger partial charge in [0.05, 0.1) is 11.5 Å². The molecule has 0 bridgehead atoms. The molecular weight excluding hydrogens is 351 g/mol. The Bertz CT molecular complexity index is 685. The fraction of sp³-hybridized carbons (Fsp3) is 0.176. The average Bonchev–Trinajstić information content (AvgIpc) is 2.56. The molecule has 1 amide bonds. The molecule has 0 aliphatic carbocycles. The highest BCUT2D eigenvalue weighted by Crippen LogP contribution is 2.28. The van der Waals surface area contributed by atoms with Crippen LogP contribution in [-0.4, -0.2) is 17.4 Å². The molecule has 0 spiro atoms. The number of thioether (sulfide) groups is 1. The first-order chi connectivity index (χ1) is 11.1. The van der Waals surface area contributed by atoms with Crippen molar-refractivity contribution in [2.24, 2.45) is 5.10 Å². The van der Waals surface area contributed by atoms with E-state index in [0.717, 1.165) is 16.8 Å². The number of carbonyl (C=O) groups excluding carboxylic acids is 1. The topological polar surface area (TPSA) is 41.5 Å². The Kier molecular flexibility index (Phi) is 6.96. The molecule has 2 aromatic carbocycles. The van der Waals surface area contributed by atoms with Crippen LogP contribution in [0.15, 0.2) is 53.6 Å². The quantitative estimate of drug-likeness (QED) is 0.590. The molecular formula is C17H16Cl2N2OS. The monoisotopic (exact) mass is 366 g/mol. The van der Waals surface area contributed by atoms with Gasteiger partial charge in [-0.1, -0.05) is 59.6 Å². The Hall–Kier alpha value is -1.49. The SMILES string of the molecule is C/C(=N/NC(=O)CSCc1c(Cl)cccc1Cl)c1ccccc1. The van der Waals surface area contributed by atoms with E-state index in [9.17, 15) is 4.79 Å². The Morgan fingerprint density at radius 2 is 1.74 bits per heavy atom. The van der Waals surface area contributed by atoms with Crippen molar-refractivity contribution in [2.75, 3.05) is 5.75 Å². The number of hydrogen-bond acceptors (Lipinski definition) is 3. The fourth-order valence-corrected chi connectivity index (χ4v) is 3.40. The zero-order chi connectivity index (χ0) is 16.7. The highest BCUT2D eigenvalue weighted by atomic mass is 35.5. The van der Waals surface area contributed by atoms with Gasteiger partial charge >= 0.3 is 0 Å². The molecule has 0 saturated heterocycles. The van der Waals surface area contributed by atoms with Crippen molar-refractivity contribution in [3.8, 4) is 0 Å². The van der Waals surface area contributed by atoms with Gasteiger partial charge in [-0.15, -0.1) is 11.8 Å². The van der Waals surface area contributed by atoms with Crippen LogP contribution in [0.5, 0.6) is 0 Å². The molecule has 6 heteroatoms. The van der Waals surface area contributed by atoms with Crippen LogP contribution < -0.4 is 5.43 Å². The lowest BCUT2D eigenvalue weighted by Crippen LogP contribution is -2.21. The van der Waals surface area contributed by atoms with Crippen LogP contribution in [0.2, 0.25) is 10.0 Å². The van der Waals surface area contributed by atoms with Crippen molar-refractivity contribution in [3.05, 3.63) is 69.7 Å². The van der Waals surface area contributed by atoms with Crippen LogP contribution in [0.4, 0.5) is 0 Å². The van der Waals surface area contributed by atoms with Gasteiger partial charge in [-0.2, -0.15) is 5.10 Å². The van der Waals surface area contributed by atoms with E-state index in [2.05, 4.69) is 10.5 Å². The average molecular weight is 367 g/mol. The second kappa shape index (κ2) is 8.96. The molecule has 23 heavy (non-hydrogen) atoms. The van der Waals surface area contributed by atoms with Crippen LogP contribution in [-0.2, 0) is 10.5 Å². The van der Waals surface area contributed by atoms with Gasteiger partial charge in [0.1, 0.15) is 0 Å². The zero-order valence-electron chi connectivity index (χ0n) is 12.6. The molecule has 0 fully saturated rings. The van der Waals surface area contributed by atoms with E-state index in [4.69, 9.17) is 23.2 Å². The Morgan fingerprint density at radius 3 is 2.39 bits per heavy atom. The molecule has 3 nitrogen and oxygen atoms in total. The fourth-order valence-electron chi connectivity index (χ4n) is 1.84. The summed E-state index contributed by atoms with van der Waals surface area (Å²) < 4.78 is 0. The highest BCUT2D eigenvalue weighted by molar-refractivity contribution is 7.99.